The number of carbonyl (C=O) groups is 2. The van der Waals surface area contributed by atoms with Crippen LogP contribution < -0.4 is 18.9 Å². The topological polar surface area (TPSA) is 87.2 Å². The molecule has 1 saturated heterocycles. The molecule has 2 fully saturated rings. The van der Waals surface area contributed by atoms with Crippen molar-refractivity contribution in [3.05, 3.63) is 83.6 Å². The molecule has 0 amide bonds. The van der Waals surface area contributed by atoms with Crippen LogP contribution in [0, 0.1) is 17.0 Å². The molecule has 4 aromatic rings. The van der Waals surface area contributed by atoms with E-state index in [2.05, 4.69) is 9.88 Å². The second kappa shape index (κ2) is 13.9. The van der Waals surface area contributed by atoms with Crippen molar-refractivity contribution in [3.8, 4) is 28.7 Å². The van der Waals surface area contributed by atoms with Crippen molar-refractivity contribution >= 4 is 22.5 Å². The summed E-state index contributed by atoms with van der Waals surface area (Å²) < 4.78 is 53.0. The Morgan fingerprint density at radius 3 is 2.25 bits per heavy atom. The molecule has 1 saturated carbocycles. The lowest BCUT2D eigenvalue weighted by molar-refractivity contribution is -0.133. The van der Waals surface area contributed by atoms with Crippen LogP contribution in [0.3, 0.4) is 0 Å². The highest BCUT2D eigenvalue weighted by Gasteiger charge is 2.54. The maximum absolute atomic E-state index is 15.5. The Hall–Kier alpha value is -4.57. The van der Waals surface area contributed by atoms with Gasteiger partial charge in [0.25, 0.3) is 0 Å². The Balaban J connectivity index is 1.04. The van der Waals surface area contributed by atoms with Gasteiger partial charge in [0.15, 0.2) is 34.6 Å². The number of benzene rings is 3. The van der Waals surface area contributed by atoms with Crippen molar-refractivity contribution in [1.29, 1.82) is 0 Å². The van der Waals surface area contributed by atoms with Crippen LogP contribution in [0.2, 0.25) is 0 Å². The van der Waals surface area contributed by atoms with E-state index in [1.165, 1.54) is 43.5 Å². The van der Waals surface area contributed by atoms with Crippen molar-refractivity contribution in [1.82, 2.24) is 9.88 Å². The first-order chi connectivity index (χ1) is 23.4. The molecule has 3 heterocycles. The molecule has 3 aliphatic rings. The fourth-order valence-corrected chi connectivity index (χ4v) is 6.62. The third kappa shape index (κ3) is 6.85. The summed E-state index contributed by atoms with van der Waals surface area (Å²) in [5.74, 6) is 0.306. The number of hydrogen-bond donors (Lipinski definition) is 0. The molecular weight excluding hydrogens is 618 g/mol. The summed E-state index contributed by atoms with van der Waals surface area (Å²) >= 11 is 0. The van der Waals surface area contributed by atoms with E-state index >= 15 is 4.39 Å². The lowest BCUT2D eigenvalue weighted by atomic mass is 9.88. The Kier molecular flexibility index (Phi) is 9.26. The Labute approximate surface area is 278 Å². The minimum Gasteiger partial charge on any atom is -0.489 e. The molecule has 48 heavy (non-hydrogen) atoms. The Bertz CT molecular complexity index is 1820. The second-order valence-corrected chi connectivity index (χ2v) is 12.8. The zero-order chi connectivity index (χ0) is 33.1. The molecule has 2 aliphatic heterocycles. The monoisotopic (exact) mass is 656 g/mol. The summed E-state index contributed by atoms with van der Waals surface area (Å²) in [6.45, 7) is 4.49. The standard InChI is InChI=1S/C38H38F2N2O6/c39-27-8-5-25(6-9-27)22-33(43)38(12-13-38)34(44)23-26-7-10-30(28(40)21-26)48-31-11-14-41-29-24-32(36-37(35(29)31)47-20-19-46-36)45-18-4-17-42-15-2-1-3-16-42/h5-11,14,21,24H,1-4,12-13,15-20,22-23H2. The summed E-state index contributed by atoms with van der Waals surface area (Å²) in [4.78, 5) is 33.3. The molecule has 0 atom stereocenters. The fourth-order valence-electron chi connectivity index (χ4n) is 6.62. The van der Waals surface area contributed by atoms with Gasteiger partial charge in [-0.2, -0.15) is 0 Å². The first-order valence-corrected chi connectivity index (χ1v) is 16.7. The zero-order valence-corrected chi connectivity index (χ0v) is 26.8. The number of carbonyl (C=O) groups excluding carboxylic acids is 2. The molecule has 1 aliphatic carbocycles. The number of hydrogen-bond acceptors (Lipinski definition) is 8. The maximum Gasteiger partial charge on any atom is 0.204 e. The molecule has 0 N–H and O–H groups in total. The van der Waals surface area contributed by atoms with Crippen LogP contribution in [0.4, 0.5) is 8.78 Å². The molecule has 0 spiro atoms. The third-order valence-corrected chi connectivity index (χ3v) is 9.44. The van der Waals surface area contributed by atoms with Gasteiger partial charge in [0.2, 0.25) is 5.75 Å². The quantitative estimate of drug-likeness (QED) is 0.112. The zero-order valence-electron chi connectivity index (χ0n) is 26.8. The van der Waals surface area contributed by atoms with Gasteiger partial charge in [-0.05, 0) is 86.7 Å². The van der Waals surface area contributed by atoms with Crippen molar-refractivity contribution in [3.63, 3.8) is 0 Å². The van der Waals surface area contributed by atoms with Crippen molar-refractivity contribution in [2.45, 2.75) is 51.4 Å². The third-order valence-electron chi connectivity index (χ3n) is 9.44. The van der Waals surface area contributed by atoms with Crippen molar-refractivity contribution in [2.75, 3.05) is 39.5 Å². The predicted molar refractivity (Wildman–Crippen MR) is 175 cm³/mol. The number of ketones is 2. The minimum absolute atomic E-state index is 0.0317. The van der Waals surface area contributed by atoms with E-state index in [1.54, 1.807) is 36.5 Å². The molecule has 0 radical (unpaired) electrons. The van der Waals surface area contributed by atoms with Gasteiger partial charge in [-0.15, -0.1) is 0 Å². The minimum atomic E-state index is -1.06. The van der Waals surface area contributed by atoms with E-state index in [1.807, 2.05) is 0 Å². The van der Waals surface area contributed by atoms with Crippen LogP contribution >= 0.6 is 0 Å². The van der Waals surface area contributed by atoms with Gasteiger partial charge in [0.05, 0.1) is 22.9 Å². The Morgan fingerprint density at radius 1 is 0.812 bits per heavy atom. The number of ether oxygens (including phenoxy) is 4. The number of pyridine rings is 1. The summed E-state index contributed by atoms with van der Waals surface area (Å²) in [7, 11) is 0. The molecule has 0 unspecified atom stereocenters. The number of halogens is 2. The predicted octanol–water partition coefficient (Wildman–Crippen LogP) is 7.03. The molecule has 7 rings (SSSR count). The molecule has 8 nitrogen and oxygen atoms in total. The van der Waals surface area contributed by atoms with Gasteiger partial charge in [-0.3, -0.25) is 14.6 Å². The Morgan fingerprint density at radius 2 is 1.52 bits per heavy atom. The molecule has 250 valence electrons. The van der Waals surface area contributed by atoms with Gasteiger partial charge in [-0.25, -0.2) is 8.78 Å². The molecule has 3 aromatic carbocycles. The van der Waals surface area contributed by atoms with E-state index in [9.17, 15) is 14.0 Å². The summed E-state index contributed by atoms with van der Waals surface area (Å²) in [5.41, 5.74) is 0.598. The van der Waals surface area contributed by atoms with Gasteiger partial charge in [-0.1, -0.05) is 24.6 Å². The lowest BCUT2D eigenvalue weighted by Crippen LogP contribution is -2.31. The normalized spacial score (nSPS) is 16.8. The van der Waals surface area contributed by atoms with Gasteiger partial charge >= 0.3 is 0 Å². The van der Waals surface area contributed by atoms with Crippen molar-refractivity contribution < 1.29 is 37.3 Å². The maximum atomic E-state index is 15.5. The molecular formula is C38H38F2N2O6. The first kappa shape index (κ1) is 32.0. The first-order valence-electron chi connectivity index (χ1n) is 16.7. The molecule has 10 heteroatoms. The fraction of sp³-hybridized carbons (Fsp3) is 0.395. The van der Waals surface area contributed by atoms with E-state index in [-0.39, 0.29) is 36.0 Å². The number of likely N-dealkylation sites (tertiary alicyclic amines) is 1. The summed E-state index contributed by atoms with van der Waals surface area (Å²) in [6.07, 6.45) is 7.17. The van der Waals surface area contributed by atoms with E-state index < -0.39 is 11.2 Å². The van der Waals surface area contributed by atoms with Gasteiger partial charge < -0.3 is 23.8 Å². The molecule has 0 bridgehead atoms. The van der Waals surface area contributed by atoms with E-state index in [0.29, 0.717) is 77.7 Å². The van der Waals surface area contributed by atoms with Crippen LogP contribution in [-0.2, 0) is 22.4 Å². The highest BCUT2D eigenvalue weighted by molar-refractivity contribution is 6.11. The number of nitrogens with zero attached hydrogens (tertiary/aromatic N) is 2. The number of piperidine rings is 1. The van der Waals surface area contributed by atoms with Crippen LogP contribution in [0.1, 0.15) is 49.7 Å². The second-order valence-electron chi connectivity index (χ2n) is 12.8. The molecule has 1 aromatic heterocycles. The lowest BCUT2D eigenvalue weighted by Gasteiger charge is -2.26. The number of fused-ring (bicyclic) bond motifs is 3. The SMILES string of the molecule is O=C(Cc1ccc(F)cc1)C1(C(=O)Cc2ccc(Oc3ccnc4cc(OCCCN5CCCCC5)c5c(c34)OCCO5)c(F)c2)CC1. The van der Waals surface area contributed by atoms with E-state index in [0.717, 1.165) is 26.1 Å². The van der Waals surface area contributed by atoms with Crippen LogP contribution in [0.15, 0.2) is 60.8 Å². The largest absolute Gasteiger partial charge is 0.489 e. The van der Waals surface area contributed by atoms with Crippen LogP contribution in [-0.4, -0.2) is 60.9 Å². The summed E-state index contributed by atoms with van der Waals surface area (Å²) in [6, 6.07) is 13.5. The summed E-state index contributed by atoms with van der Waals surface area (Å²) in [5, 5.41) is 0.543. The van der Waals surface area contributed by atoms with Crippen LogP contribution in [0.5, 0.6) is 28.7 Å². The van der Waals surface area contributed by atoms with E-state index in [4.69, 9.17) is 18.9 Å². The highest BCUT2D eigenvalue weighted by atomic mass is 19.1. The van der Waals surface area contributed by atoms with Crippen molar-refractivity contribution in [2.24, 2.45) is 5.41 Å². The highest BCUT2D eigenvalue weighted by Crippen LogP contribution is 2.50. The number of rotatable bonds is 13. The van der Waals surface area contributed by atoms with Crippen LogP contribution in [0.25, 0.3) is 10.9 Å². The van der Waals surface area contributed by atoms with Gasteiger partial charge in [0.1, 0.15) is 24.8 Å². The average molecular weight is 657 g/mol. The number of aromatic nitrogens is 1. The number of Topliss-reactive ketones (excluding diaryl/α,β-unsaturated/α-hetero) is 2. The van der Waals surface area contributed by atoms with Gasteiger partial charge in [0, 0.05) is 31.6 Å². The average Bonchev–Trinajstić information content (AvgIpc) is 3.92. The smallest absolute Gasteiger partial charge is 0.204 e.